The molecule has 1 saturated heterocycles. The fraction of sp³-hybridized carbons (Fsp3) is 0.286. The van der Waals surface area contributed by atoms with Crippen molar-refractivity contribution in [1.82, 2.24) is 15.0 Å². The van der Waals surface area contributed by atoms with E-state index < -0.39 is 0 Å². The first-order valence-corrected chi connectivity index (χ1v) is 9.12. The van der Waals surface area contributed by atoms with Crippen LogP contribution in [0, 0.1) is 13.8 Å². The lowest BCUT2D eigenvalue weighted by Gasteiger charge is -2.36. The molecule has 1 aliphatic rings. The second-order valence-electron chi connectivity index (χ2n) is 6.78. The molecule has 2 heterocycles. The Labute approximate surface area is 158 Å². The number of hydrogen-bond acceptors (Lipinski definition) is 5. The monoisotopic (exact) mass is 362 g/mol. The average molecular weight is 362 g/mol. The third-order valence-electron chi connectivity index (χ3n) is 4.96. The van der Waals surface area contributed by atoms with Crippen molar-refractivity contribution in [3.05, 3.63) is 65.5 Å². The minimum absolute atomic E-state index is 0.121. The van der Waals surface area contributed by atoms with E-state index in [1.807, 2.05) is 48.2 Å². The number of hydrogen-bond donors (Lipinski definition) is 0. The van der Waals surface area contributed by atoms with Gasteiger partial charge in [-0.2, -0.15) is 4.98 Å². The Morgan fingerprint density at radius 1 is 0.963 bits per heavy atom. The van der Waals surface area contributed by atoms with E-state index in [1.54, 1.807) is 6.92 Å². The summed E-state index contributed by atoms with van der Waals surface area (Å²) in [6.45, 7) is 6.84. The first kappa shape index (κ1) is 17.3. The Hall–Kier alpha value is -3.15. The van der Waals surface area contributed by atoms with E-state index >= 15 is 0 Å². The summed E-state index contributed by atoms with van der Waals surface area (Å²) in [5.74, 6) is 1.28. The topological polar surface area (TPSA) is 62.5 Å². The molecular formula is C21H22N4O2. The largest absolute Gasteiger partial charge is 0.368 e. The van der Waals surface area contributed by atoms with Crippen LogP contribution >= 0.6 is 0 Å². The average Bonchev–Trinajstić information content (AvgIpc) is 3.14. The molecule has 0 unspecified atom stereocenters. The summed E-state index contributed by atoms with van der Waals surface area (Å²) in [5, 5.41) is 3.95. The van der Waals surface area contributed by atoms with Crippen molar-refractivity contribution in [3.8, 4) is 11.4 Å². The maximum Gasteiger partial charge on any atom is 0.254 e. The number of carbonyl (C=O) groups is 1. The molecule has 0 atom stereocenters. The Morgan fingerprint density at radius 2 is 1.67 bits per heavy atom. The number of nitrogens with zero attached hydrogens (tertiary/aromatic N) is 4. The SMILES string of the molecule is Cc1nc(-c2ccc(N3CCN(C(=O)c4ccccc4C)CC3)cc2)no1. The molecule has 1 fully saturated rings. The van der Waals surface area contributed by atoms with Crippen LogP contribution in [0.15, 0.2) is 53.1 Å². The van der Waals surface area contributed by atoms with E-state index in [0.29, 0.717) is 11.7 Å². The van der Waals surface area contributed by atoms with Gasteiger partial charge >= 0.3 is 0 Å². The molecule has 0 radical (unpaired) electrons. The summed E-state index contributed by atoms with van der Waals surface area (Å²) >= 11 is 0. The number of rotatable bonds is 3. The van der Waals surface area contributed by atoms with Gasteiger partial charge in [0.05, 0.1) is 0 Å². The molecule has 0 saturated carbocycles. The van der Waals surface area contributed by atoms with E-state index in [0.717, 1.165) is 48.6 Å². The van der Waals surface area contributed by atoms with Gasteiger partial charge in [-0.25, -0.2) is 0 Å². The highest BCUT2D eigenvalue weighted by atomic mass is 16.5. The molecule has 0 spiro atoms. The molecule has 4 rings (SSSR count). The second kappa shape index (κ2) is 7.23. The molecule has 6 heteroatoms. The highest BCUT2D eigenvalue weighted by molar-refractivity contribution is 5.95. The summed E-state index contributed by atoms with van der Waals surface area (Å²) in [5.41, 5.74) is 3.90. The Bertz CT molecular complexity index is 941. The van der Waals surface area contributed by atoms with Crippen molar-refractivity contribution in [2.45, 2.75) is 13.8 Å². The van der Waals surface area contributed by atoms with Gasteiger partial charge in [-0.1, -0.05) is 23.4 Å². The van der Waals surface area contributed by atoms with Gasteiger partial charge in [0.2, 0.25) is 11.7 Å². The number of piperazine rings is 1. The summed E-state index contributed by atoms with van der Waals surface area (Å²) in [7, 11) is 0. The fourth-order valence-electron chi connectivity index (χ4n) is 3.39. The van der Waals surface area contributed by atoms with Gasteiger partial charge in [-0.3, -0.25) is 4.79 Å². The maximum atomic E-state index is 12.8. The number of aromatic nitrogens is 2. The van der Waals surface area contributed by atoms with Crippen molar-refractivity contribution in [1.29, 1.82) is 0 Å². The van der Waals surface area contributed by atoms with Gasteiger partial charge in [0.25, 0.3) is 5.91 Å². The number of carbonyl (C=O) groups excluding carboxylic acids is 1. The maximum absolute atomic E-state index is 12.8. The first-order chi connectivity index (χ1) is 13.1. The molecule has 2 aromatic carbocycles. The normalized spacial score (nSPS) is 14.4. The van der Waals surface area contributed by atoms with Gasteiger partial charge in [-0.15, -0.1) is 0 Å². The van der Waals surface area contributed by atoms with Crippen LogP contribution in [0.5, 0.6) is 0 Å². The zero-order valence-corrected chi connectivity index (χ0v) is 15.6. The van der Waals surface area contributed by atoms with Gasteiger partial charge in [0.1, 0.15) is 0 Å². The zero-order chi connectivity index (χ0) is 18.8. The van der Waals surface area contributed by atoms with Crippen LogP contribution in [-0.2, 0) is 0 Å². The molecule has 3 aromatic rings. The number of benzene rings is 2. The second-order valence-corrected chi connectivity index (χ2v) is 6.78. The summed E-state index contributed by atoms with van der Waals surface area (Å²) in [6, 6.07) is 15.9. The van der Waals surface area contributed by atoms with Crippen molar-refractivity contribution >= 4 is 11.6 Å². The smallest absolute Gasteiger partial charge is 0.254 e. The lowest BCUT2D eigenvalue weighted by Crippen LogP contribution is -2.48. The van der Waals surface area contributed by atoms with Crippen LogP contribution in [0.2, 0.25) is 0 Å². The lowest BCUT2D eigenvalue weighted by atomic mass is 10.1. The summed E-state index contributed by atoms with van der Waals surface area (Å²) in [6.07, 6.45) is 0. The predicted molar refractivity (Wildman–Crippen MR) is 104 cm³/mol. The van der Waals surface area contributed by atoms with E-state index in [9.17, 15) is 4.79 Å². The number of amides is 1. The van der Waals surface area contributed by atoms with Gasteiger partial charge in [0, 0.05) is 49.9 Å². The molecule has 0 N–H and O–H groups in total. The van der Waals surface area contributed by atoms with Crippen LogP contribution in [0.1, 0.15) is 21.8 Å². The molecule has 1 amide bonds. The van der Waals surface area contributed by atoms with E-state index in [1.165, 1.54) is 0 Å². The highest BCUT2D eigenvalue weighted by Crippen LogP contribution is 2.23. The van der Waals surface area contributed by atoms with Crippen molar-refractivity contribution in [2.24, 2.45) is 0 Å². The Morgan fingerprint density at radius 3 is 2.30 bits per heavy atom. The molecular weight excluding hydrogens is 340 g/mol. The van der Waals surface area contributed by atoms with E-state index in [-0.39, 0.29) is 5.91 Å². The molecule has 27 heavy (non-hydrogen) atoms. The van der Waals surface area contributed by atoms with Crippen LogP contribution in [-0.4, -0.2) is 47.1 Å². The molecule has 6 nitrogen and oxygen atoms in total. The van der Waals surface area contributed by atoms with E-state index in [4.69, 9.17) is 4.52 Å². The van der Waals surface area contributed by atoms with Gasteiger partial charge in [-0.05, 0) is 42.8 Å². The Balaban J connectivity index is 1.40. The number of aryl methyl sites for hydroxylation is 2. The lowest BCUT2D eigenvalue weighted by molar-refractivity contribution is 0.0746. The molecule has 138 valence electrons. The van der Waals surface area contributed by atoms with Crippen molar-refractivity contribution in [2.75, 3.05) is 31.1 Å². The van der Waals surface area contributed by atoms with Crippen LogP contribution in [0.25, 0.3) is 11.4 Å². The van der Waals surface area contributed by atoms with Crippen molar-refractivity contribution < 1.29 is 9.32 Å². The predicted octanol–water partition coefficient (Wildman–Crippen LogP) is 3.32. The van der Waals surface area contributed by atoms with Crippen LogP contribution in [0.4, 0.5) is 5.69 Å². The molecule has 0 bridgehead atoms. The third kappa shape index (κ3) is 3.56. The zero-order valence-electron chi connectivity index (χ0n) is 15.6. The fourth-order valence-corrected chi connectivity index (χ4v) is 3.39. The van der Waals surface area contributed by atoms with Gasteiger partial charge < -0.3 is 14.3 Å². The minimum atomic E-state index is 0.121. The molecule has 0 aliphatic carbocycles. The third-order valence-corrected chi connectivity index (χ3v) is 4.96. The Kier molecular flexibility index (Phi) is 4.62. The van der Waals surface area contributed by atoms with Gasteiger partial charge in [0.15, 0.2) is 0 Å². The first-order valence-electron chi connectivity index (χ1n) is 9.12. The molecule has 1 aromatic heterocycles. The quantitative estimate of drug-likeness (QED) is 0.715. The number of anilines is 1. The van der Waals surface area contributed by atoms with Crippen LogP contribution in [0.3, 0.4) is 0 Å². The minimum Gasteiger partial charge on any atom is -0.368 e. The van der Waals surface area contributed by atoms with E-state index in [2.05, 4.69) is 27.2 Å². The van der Waals surface area contributed by atoms with Crippen LogP contribution < -0.4 is 4.90 Å². The molecule has 1 aliphatic heterocycles. The summed E-state index contributed by atoms with van der Waals surface area (Å²) < 4.78 is 5.04. The van der Waals surface area contributed by atoms with Crippen molar-refractivity contribution in [3.63, 3.8) is 0 Å². The summed E-state index contributed by atoms with van der Waals surface area (Å²) in [4.78, 5) is 21.2. The highest BCUT2D eigenvalue weighted by Gasteiger charge is 2.23. The standard InChI is InChI=1S/C21H22N4O2/c1-15-5-3-4-6-19(15)21(26)25-13-11-24(12-14-25)18-9-7-17(8-10-18)20-22-16(2)27-23-20/h3-10H,11-14H2,1-2H3.